The van der Waals surface area contributed by atoms with E-state index in [1.54, 1.807) is 0 Å². The second-order valence-electron chi connectivity index (χ2n) is 4.72. The van der Waals surface area contributed by atoms with Crippen molar-refractivity contribution in [2.24, 2.45) is 0 Å². The number of piperidine rings is 1. The van der Waals surface area contributed by atoms with Gasteiger partial charge in [-0.05, 0) is 43.5 Å². The third-order valence-electron chi connectivity index (χ3n) is 3.55. The van der Waals surface area contributed by atoms with Gasteiger partial charge in [-0.2, -0.15) is 0 Å². The minimum absolute atomic E-state index is 0.00789. The molecule has 1 aliphatic rings. The Kier molecular flexibility index (Phi) is 4.13. The molecule has 0 spiro atoms. The Labute approximate surface area is 108 Å². The second-order valence-corrected chi connectivity index (χ2v) is 4.72. The molecule has 1 aromatic carbocycles. The van der Waals surface area contributed by atoms with Crippen LogP contribution in [0.4, 0.5) is 5.69 Å². The first-order valence-corrected chi connectivity index (χ1v) is 6.61. The molecule has 3 nitrogen and oxygen atoms in total. The number of nitrogens with zero attached hydrogens (tertiary/aromatic N) is 1. The van der Waals surface area contributed by atoms with Crippen molar-refractivity contribution < 1.29 is 9.59 Å². The Morgan fingerprint density at radius 2 is 2.06 bits per heavy atom. The second kappa shape index (κ2) is 5.80. The molecule has 0 saturated carbocycles. The first-order chi connectivity index (χ1) is 8.76. The van der Waals surface area contributed by atoms with Gasteiger partial charge in [0, 0.05) is 24.2 Å². The molecule has 3 heteroatoms. The van der Waals surface area contributed by atoms with E-state index < -0.39 is 0 Å². The lowest BCUT2D eigenvalue weighted by Gasteiger charge is -2.34. The minimum Gasteiger partial charge on any atom is -0.362 e. The molecular weight excluding hydrogens is 226 g/mol. The van der Waals surface area contributed by atoms with Crippen LogP contribution in [0.5, 0.6) is 0 Å². The number of Topliss-reactive ketones (excluding diaryl/α,β-unsaturated/α-hetero) is 1. The van der Waals surface area contributed by atoms with E-state index in [1.807, 2.05) is 31.2 Å². The van der Waals surface area contributed by atoms with E-state index in [0.29, 0.717) is 6.42 Å². The molecule has 2 rings (SSSR count). The number of carbonyl (C=O) groups excluding carboxylic acids is 2. The highest BCUT2D eigenvalue weighted by Gasteiger charge is 2.21. The summed E-state index contributed by atoms with van der Waals surface area (Å²) in [6.07, 6.45) is 4.73. The summed E-state index contributed by atoms with van der Waals surface area (Å²) in [5, 5.41) is 0. The van der Waals surface area contributed by atoms with E-state index in [4.69, 9.17) is 0 Å². The van der Waals surface area contributed by atoms with Crippen LogP contribution < -0.4 is 4.90 Å². The fourth-order valence-corrected chi connectivity index (χ4v) is 2.46. The number of anilines is 1. The van der Waals surface area contributed by atoms with Crippen LogP contribution in [0.1, 0.15) is 43.0 Å². The quantitative estimate of drug-likeness (QED) is 0.604. The van der Waals surface area contributed by atoms with E-state index in [2.05, 4.69) is 4.90 Å². The summed E-state index contributed by atoms with van der Waals surface area (Å²) >= 11 is 0. The standard InChI is InChI=1S/C15H19NO2/c1-2-15(18)12-6-8-13(9-7-12)16-10-4-3-5-14(16)11-17/h6-9,11,14H,2-5,10H2,1H3. The summed E-state index contributed by atoms with van der Waals surface area (Å²) in [5.74, 6) is 0.159. The van der Waals surface area contributed by atoms with Crippen LogP contribution >= 0.6 is 0 Å². The van der Waals surface area contributed by atoms with Crippen molar-refractivity contribution >= 4 is 17.8 Å². The lowest BCUT2D eigenvalue weighted by atomic mass is 10.0. The summed E-state index contributed by atoms with van der Waals surface area (Å²) in [4.78, 5) is 24.8. The number of hydrogen-bond donors (Lipinski definition) is 0. The van der Waals surface area contributed by atoms with E-state index in [-0.39, 0.29) is 11.8 Å². The molecule has 0 amide bonds. The van der Waals surface area contributed by atoms with Gasteiger partial charge in [-0.25, -0.2) is 0 Å². The first kappa shape index (κ1) is 12.8. The van der Waals surface area contributed by atoms with Crippen molar-refractivity contribution in [3.05, 3.63) is 29.8 Å². The molecule has 0 aliphatic carbocycles. The van der Waals surface area contributed by atoms with E-state index in [1.165, 1.54) is 0 Å². The van der Waals surface area contributed by atoms with Gasteiger partial charge >= 0.3 is 0 Å². The average Bonchev–Trinajstić information content (AvgIpc) is 2.46. The van der Waals surface area contributed by atoms with Crippen LogP contribution in [0.3, 0.4) is 0 Å². The van der Waals surface area contributed by atoms with Gasteiger partial charge in [0.25, 0.3) is 0 Å². The molecule has 18 heavy (non-hydrogen) atoms. The molecule has 0 aromatic heterocycles. The fourth-order valence-electron chi connectivity index (χ4n) is 2.46. The zero-order chi connectivity index (χ0) is 13.0. The number of hydrogen-bond acceptors (Lipinski definition) is 3. The molecule has 0 bridgehead atoms. The summed E-state index contributed by atoms with van der Waals surface area (Å²) in [5.41, 5.74) is 1.79. The highest BCUT2D eigenvalue weighted by molar-refractivity contribution is 5.96. The molecule has 1 fully saturated rings. The van der Waals surface area contributed by atoms with Crippen LogP contribution in [0.15, 0.2) is 24.3 Å². The summed E-state index contributed by atoms with van der Waals surface area (Å²) in [7, 11) is 0. The van der Waals surface area contributed by atoms with Gasteiger partial charge in [-0.1, -0.05) is 6.92 Å². The van der Waals surface area contributed by atoms with Gasteiger partial charge in [0.2, 0.25) is 0 Å². The van der Waals surface area contributed by atoms with Crippen LogP contribution in [0.25, 0.3) is 0 Å². The van der Waals surface area contributed by atoms with Gasteiger partial charge in [0.1, 0.15) is 6.29 Å². The zero-order valence-electron chi connectivity index (χ0n) is 10.8. The zero-order valence-corrected chi connectivity index (χ0v) is 10.8. The normalized spacial score (nSPS) is 19.6. The molecule has 1 unspecified atom stereocenters. The van der Waals surface area contributed by atoms with Gasteiger partial charge in [0.15, 0.2) is 5.78 Å². The first-order valence-electron chi connectivity index (χ1n) is 6.61. The third-order valence-corrected chi connectivity index (χ3v) is 3.55. The Hall–Kier alpha value is -1.64. The number of aldehydes is 1. The molecular formula is C15H19NO2. The Morgan fingerprint density at radius 3 is 2.67 bits per heavy atom. The minimum atomic E-state index is -0.00789. The monoisotopic (exact) mass is 245 g/mol. The number of rotatable bonds is 4. The lowest BCUT2D eigenvalue weighted by molar-refractivity contribution is -0.109. The molecule has 1 aliphatic heterocycles. The molecule has 0 radical (unpaired) electrons. The number of carbonyl (C=O) groups is 2. The van der Waals surface area contributed by atoms with Gasteiger partial charge < -0.3 is 9.69 Å². The molecule has 0 N–H and O–H groups in total. The summed E-state index contributed by atoms with van der Waals surface area (Å²) < 4.78 is 0. The van der Waals surface area contributed by atoms with E-state index >= 15 is 0 Å². The highest BCUT2D eigenvalue weighted by Crippen LogP contribution is 2.24. The van der Waals surface area contributed by atoms with Crippen molar-refractivity contribution in [2.75, 3.05) is 11.4 Å². The van der Waals surface area contributed by atoms with Gasteiger partial charge in [0.05, 0.1) is 6.04 Å². The van der Waals surface area contributed by atoms with E-state index in [0.717, 1.165) is 43.3 Å². The molecule has 1 aromatic rings. The largest absolute Gasteiger partial charge is 0.362 e. The number of benzene rings is 1. The fraction of sp³-hybridized carbons (Fsp3) is 0.467. The predicted octanol–water partition coefficient (Wildman–Crippen LogP) is 2.84. The lowest BCUT2D eigenvalue weighted by Crippen LogP contribution is -2.40. The summed E-state index contributed by atoms with van der Waals surface area (Å²) in [6, 6.07) is 7.61. The van der Waals surface area contributed by atoms with Crippen LogP contribution in [0.2, 0.25) is 0 Å². The Balaban J connectivity index is 2.17. The predicted molar refractivity (Wildman–Crippen MR) is 72.1 cm³/mol. The maximum absolute atomic E-state index is 11.6. The smallest absolute Gasteiger partial charge is 0.162 e. The molecule has 1 heterocycles. The van der Waals surface area contributed by atoms with E-state index in [9.17, 15) is 9.59 Å². The molecule has 96 valence electrons. The maximum atomic E-state index is 11.6. The van der Waals surface area contributed by atoms with Crippen LogP contribution in [0, 0.1) is 0 Å². The number of ketones is 1. The van der Waals surface area contributed by atoms with Crippen molar-refractivity contribution in [3.8, 4) is 0 Å². The highest BCUT2D eigenvalue weighted by atomic mass is 16.1. The van der Waals surface area contributed by atoms with Crippen LogP contribution in [-0.4, -0.2) is 24.7 Å². The SMILES string of the molecule is CCC(=O)c1ccc(N2CCCCC2C=O)cc1. The summed E-state index contributed by atoms with van der Waals surface area (Å²) in [6.45, 7) is 2.79. The molecule has 1 saturated heterocycles. The van der Waals surface area contributed by atoms with Gasteiger partial charge in [-0.15, -0.1) is 0 Å². The van der Waals surface area contributed by atoms with Gasteiger partial charge in [-0.3, -0.25) is 4.79 Å². The van der Waals surface area contributed by atoms with Crippen molar-refractivity contribution in [2.45, 2.75) is 38.6 Å². The Morgan fingerprint density at radius 1 is 1.33 bits per heavy atom. The Bertz CT molecular complexity index is 425. The maximum Gasteiger partial charge on any atom is 0.162 e. The van der Waals surface area contributed by atoms with Crippen molar-refractivity contribution in [3.63, 3.8) is 0 Å². The van der Waals surface area contributed by atoms with Crippen molar-refractivity contribution in [1.29, 1.82) is 0 Å². The van der Waals surface area contributed by atoms with Crippen LogP contribution in [-0.2, 0) is 4.79 Å². The molecule has 1 atom stereocenters. The topological polar surface area (TPSA) is 37.4 Å². The average molecular weight is 245 g/mol. The third kappa shape index (κ3) is 2.61. The van der Waals surface area contributed by atoms with Crippen molar-refractivity contribution in [1.82, 2.24) is 0 Å².